The van der Waals surface area contributed by atoms with Crippen LogP contribution < -0.4 is 10.2 Å². The molecule has 2 nitrogen and oxygen atoms in total. The van der Waals surface area contributed by atoms with Crippen LogP contribution in [0.2, 0.25) is 0 Å². The standard InChI is InChI=1S/C14H12O2P/c1-3-7-12-11-9-5-6-10-13(11)16-17(15)14(12)8-4-2/h3-10H,1-2H2/q+1/b12-7?,14-8+. The molecule has 0 aliphatic rings. The number of para-hydroxylation sites is 1. The second kappa shape index (κ2) is 4.94. The average Bonchev–Trinajstić information content (AvgIpc) is 2.34. The first-order valence-corrected chi connectivity index (χ1v) is 6.36. The summed E-state index contributed by atoms with van der Waals surface area (Å²) in [7, 11) is -1.87. The van der Waals surface area contributed by atoms with Crippen LogP contribution in [0.4, 0.5) is 0 Å². The molecule has 0 aliphatic heterocycles. The molecular weight excluding hydrogens is 231 g/mol. The largest absolute Gasteiger partial charge is 0.597 e. The fourth-order valence-electron chi connectivity index (χ4n) is 1.70. The van der Waals surface area contributed by atoms with Gasteiger partial charge in [-0.05, 0) is 16.7 Å². The molecule has 17 heavy (non-hydrogen) atoms. The van der Waals surface area contributed by atoms with Crippen LogP contribution in [0.1, 0.15) is 0 Å². The quantitative estimate of drug-likeness (QED) is 0.811. The molecule has 1 heterocycles. The van der Waals surface area contributed by atoms with Gasteiger partial charge in [0.2, 0.25) is 4.95 Å². The van der Waals surface area contributed by atoms with Gasteiger partial charge in [0.05, 0.1) is 0 Å². The first kappa shape index (κ1) is 11.6. The van der Waals surface area contributed by atoms with E-state index in [4.69, 9.17) is 4.20 Å². The molecule has 1 unspecified atom stereocenters. The van der Waals surface area contributed by atoms with Crippen LogP contribution in [-0.4, -0.2) is 0 Å². The van der Waals surface area contributed by atoms with Gasteiger partial charge in [0, 0.05) is 10.6 Å². The van der Waals surface area contributed by atoms with E-state index in [1.807, 2.05) is 30.3 Å². The lowest BCUT2D eigenvalue weighted by Gasteiger charge is -1.91. The Kier molecular flexibility index (Phi) is 3.36. The molecule has 1 aromatic heterocycles. The molecule has 0 radical (unpaired) electrons. The van der Waals surface area contributed by atoms with E-state index in [0.29, 0.717) is 10.5 Å². The molecular formula is C14H12O2P+. The Morgan fingerprint density at radius 3 is 2.53 bits per heavy atom. The Morgan fingerprint density at radius 2 is 1.82 bits per heavy atom. The molecule has 0 spiro atoms. The number of rotatable bonds is 2. The van der Waals surface area contributed by atoms with Crippen LogP contribution >= 0.6 is 7.65 Å². The molecule has 0 aliphatic carbocycles. The van der Waals surface area contributed by atoms with Gasteiger partial charge in [0.1, 0.15) is 0 Å². The van der Waals surface area contributed by atoms with E-state index in [0.717, 1.165) is 10.6 Å². The van der Waals surface area contributed by atoms with Gasteiger partial charge in [-0.25, -0.2) is 4.20 Å². The fourth-order valence-corrected chi connectivity index (χ4v) is 2.75. The van der Waals surface area contributed by atoms with Crippen molar-refractivity contribution < 1.29 is 8.76 Å². The van der Waals surface area contributed by atoms with Crippen molar-refractivity contribution in [2.24, 2.45) is 0 Å². The van der Waals surface area contributed by atoms with Gasteiger partial charge in [-0.3, -0.25) is 0 Å². The second-order valence-electron chi connectivity index (χ2n) is 3.45. The lowest BCUT2D eigenvalue weighted by atomic mass is 10.2. The van der Waals surface area contributed by atoms with Crippen molar-refractivity contribution in [1.82, 2.24) is 0 Å². The normalized spacial score (nSPS) is 14.0. The van der Waals surface area contributed by atoms with Crippen LogP contribution in [0, 0.1) is 0 Å². The van der Waals surface area contributed by atoms with Crippen molar-refractivity contribution in [2.45, 2.75) is 0 Å². The smallest absolute Gasteiger partial charge is 0.250 e. The van der Waals surface area contributed by atoms with E-state index in [1.165, 1.54) is 0 Å². The van der Waals surface area contributed by atoms with Crippen molar-refractivity contribution >= 4 is 30.8 Å². The molecule has 0 saturated carbocycles. The summed E-state index contributed by atoms with van der Waals surface area (Å²) in [6, 6.07) is 7.52. The zero-order chi connectivity index (χ0) is 12.3. The highest BCUT2D eigenvalue weighted by Crippen LogP contribution is 2.14. The van der Waals surface area contributed by atoms with Crippen molar-refractivity contribution in [2.75, 3.05) is 0 Å². The Labute approximate surface area is 99.7 Å². The Balaban J connectivity index is 3.17. The van der Waals surface area contributed by atoms with Crippen molar-refractivity contribution in [3.05, 3.63) is 59.7 Å². The van der Waals surface area contributed by atoms with E-state index in [1.54, 1.807) is 18.2 Å². The number of fused-ring (bicyclic) bond motifs is 1. The minimum atomic E-state index is -1.87. The summed E-state index contributed by atoms with van der Waals surface area (Å²) in [5, 5.41) is 1.80. The number of hydrogen-bond acceptors (Lipinski definition) is 2. The van der Waals surface area contributed by atoms with Gasteiger partial charge < -0.3 is 0 Å². The molecule has 1 atom stereocenters. The van der Waals surface area contributed by atoms with Gasteiger partial charge in [0.25, 0.3) is 0 Å². The van der Waals surface area contributed by atoms with Crippen LogP contribution in [0.5, 0.6) is 0 Å². The summed E-state index contributed by atoms with van der Waals surface area (Å²) >= 11 is 0. The lowest BCUT2D eigenvalue weighted by Crippen LogP contribution is -2.22. The highest BCUT2D eigenvalue weighted by atomic mass is 31.1. The summed E-state index contributed by atoms with van der Waals surface area (Å²) in [5.74, 6) is 0. The Morgan fingerprint density at radius 1 is 1.12 bits per heavy atom. The molecule has 2 aromatic rings. The maximum absolute atomic E-state index is 12.0. The predicted molar refractivity (Wildman–Crippen MR) is 72.4 cm³/mol. The first-order chi connectivity index (χ1) is 8.27. The number of hydrogen-bond donors (Lipinski definition) is 0. The van der Waals surface area contributed by atoms with Crippen molar-refractivity contribution in [3.63, 3.8) is 0 Å². The third-order valence-corrected chi connectivity index (χ3v) is 3.54. The van der Waals surface area contributed by atoms with E-state index >= 15 is 0 Å². The molecule has 2 rings (SSSR count). The van der Waals surface area contributed by atoms with E-state index in [-0.39, 0.29) is 0 Å². The summed E-state index contributed by atoms with van der Waals surface area (Å²) < 4.78 is 17.4. The molecule has 1 aromatic carbocycles. The average molecular weight is 243 g/mol. The Bertz CT molecular complexity index is 754. The summed E-state index contributed by atoms with van der Waals surface area (Å²) in [5.41, 5.74) is 0.642. The van der Waals surface area contributed by atoms with Gasteiger partial charge in [-0.15, -0.1) is 0 Å². The SMILES string of the molecule is C=CC=c1/c(=C\C=C)[p+](=O)oc2ccccc12. The van der Waals surface area contributed by atoms with Gasteiger partial charge in [0.15, 0.2) is 5.58 Å². The molecule has 3 heteroatoms. The maximum atomic E-state index is 12.0. The molecule has 0 fully saturated rings. The van der Waals surface area contributed by atoms with Crippen molar-refractivity contribution in [1.29, 1.82) is 0 Å². The fraction of sp³-hybridized carbons (Fsp3) is 0. The van der Waals surface area contributed by atoms with Crippen LogP contribution in [0.3, 0.4) is 0 Å². The second-order valence-corrected chi connectivity index (χ2v) is 4.63. The highest BCUT2D eigenvalue weighted by molar-refractivity contribution is 7.29. The third kappa shape index (κ3) is 2.13. The van der Waals surface area contributed by atoms with Gasteiger partial charge >= 0.3 is 7.65 Å². The molecule has 0 saturated heterocycles. The monoisotopic (exact) mass is 243 g/mol. The molecule has 0 N–H and O–H groups in total. The van der Waals surface area contributed by atoms with Crippen LogP contribution in [0.25, 0.3) is 23.1 Å². The van der Waals surface area contributed by atoms with Crippen molar-refractivity contribution in [3.8, 4) is 0 Å². The molecule has 84 valence electrons. The summed E-state index contributed by atoms with van der Waals surface area (Å²) in [4.78, 5) is 0.647. The minimum Gasteiger partial charge on any atom is -0.250 e. The zero-order valence-electron chi connectivity index (χ0n) is 9.30. The molecule has 0 bridgehead atoms. The zero-order valence-corrected chi connectivity index (χ0v) is 10.2. The molecule has 0 amide bonds. The first-order valence-electron chi connectivity index (χ1n) is 5.18. The van der Waals surface area contributed by atoms with E-state index in [2.05, 4.69) is 13.2 Å². The van der Waals surface area contributed by atoms with E-state index < -0.39 is 7.65 Å². The number of benzene rings is 1. The lowest BCUT2D eigenvalue weighted by molar-refractivity contribution is 0.560. The Hall–Kier alpha value is -1.92. The third-order valence-electron chi connectivity index (χ3n) is 2.39. The maximum Gasteiger partial charge on any atom is 0.597 e. The summed E-state index contributed by atoms with van der Waals surface area (Å²) in [6.45, 7) is 7.31. The highest BCUT2D eigenvalue weighted by Gasteiger charge is 2.11. The number of allylic oxidation sites excluding steroid dienone is 2. The summed E-state index contributed by atoms with van der Waals surface area (Å²) in [6.07, 6.45) is 6.84. The van der Waals surface area contributed by atoms with Crippen LogP contribution in [-0.2, 0) is 4.57 Å². The van der Waals surface area contributed by atoms with Crippen LogP contribution in [0.15, 0.2) is 53.8 Å². The van der Waals surface area contributed by atoms with Gasteiger partial charge in [-0.2, -0.15) is 0 Å². The van der Waals surface area contributed by atoms with Gasteiger partial charge in [-0.1, -0.05) is 49.6 Å². The van der Waals surface area contributed by atoms with E-state index in [9.17, 15) is 4.57 Å². The minimum absolute atomic E-state index is 0.642. The topological polar surface area (TPSA) is 30.2 Å². The predicted octanol–water partition coefficient (Wildman–Crippen LogP) is 3.11.